The van der Waals surface area contributed by atoms with E-state index in [1.54, 1.807) is 37.3 Å². The van der Waals surface area contributed by atoms with E-state index in [0.29, 0.717) is 57.5 Å². The Labute approximate surface area is 414 Å². The molecule has 0 fully saturated rings. The maximum absolute atomic E-state index is 10.3. The van der Waals surface area contributed by atoms with Gasteiger partial charge in [0.1, 0.15) is 11.5 Å². The van der Waals surface area contributed by atoms with Crippen LogP contribution in [0.25, 0.3) is 32.6 Å². The van der Waals surface area contributed by atoms with Crippen LogP contribution in [-0.4, -0.2) is 59.5 Å². The summed E-state index contributed by atoms with van der Waals surface area (Å²) in [6, 6.07) is 21.7. The first-order valence-corrected chi connectivity index (χ1v) is 29.2. The van der Waals surface area contributed by atoms with Gasteiger partial charge in [0.15, 0.2) is 8.32 Å². The van der Waals surface area contributed by atoms with Crippen molar-refractivity contribution >= 4 is 51.2 Å². The Hall–Kier alpha value is -5.33. The molecule has 0 aliphatic rings. The zero-order valence-corrected chi connectivity index (χ0v) is 45.1. The number of phenolic OH excluding ortho intramolecular Hbond substituents is 1. The van der Waals surface area contributed by atoms with Gasteiger partial charge in [-0.2, -0.15) is 0 Å². The highest BCUT2D eigenvalue weighted by Crippen LogP contribution is 2.42. The van der Waals surface area contributed by atoms with Crippen molar-refractivity contribution in [2.45, 2.75) is 142 Å². The molecule has 360 valence electrons. The molecule has 2 aromatic heterocycles. The number of aromatic nitrogens is 4. The fraction of sp³-hybridized carbons (Fsp3) is 0.423. The summed E-state index contributed by atoms with van der Waals surface area (Å²) in [5.41, 5.74) is 5.88. The highest BCUT2D eigenvalue weighted by atomic mass is 35.5. The van der Waals surface area contributed by atoms with Crippen molar-refractivity contribution in [2.24, 2.45) is 0 Å². The van der Waals surface area contributed by atoms with Crippen molar-refractivity contribution in [3.05, 3.63) is 140 Å². The Bertz CT molecular complexity index is 2800. The lowest BCUT2D eigenvalue weighted by Gasteiger charge is -2.40. The standard InChI is InChI=1S/C32H46ClN3O3Si2.C20H18ClN3O3/c1-21-23(17-18-27(34-9)28(21)33)20-26(22(2)38-40(10,11)31(3,4)5)30-36-35-29(37-30)24-15-14-16-25(19-24)39-41(12,13)32(6,7)8;1-11-13(7-8-17(22-3)18(11)21)10-16(12(2)25)20-24-23-19(27-20)14-5-4-6-15(26)9-14/h14-19,22,26H,20H2,1-8,10-13H3;4-9,12,16,25-26H,10H2,1-2H3/t22-,26-;12-,16-/m11/s1. The highest BCUT2D eigenvalue weighted by Gasteiger charge is 2.41. The number of rotatable bonds is 14. The van der Waals surface area contributed by atoms with E-state index in [1.165, 1.54) is 6.07 Å². The molecule has 0 aliphatic carbocycles. The van der Waals surface area contributed by atoms with Crippen molar-refractivity contribution in [3.8, 4) is 34.4 Å². The largest absolute Gasteiger partial charge is 0.543 e. The molecule has 0 bridgehead atoms. The monoisotopic (exact) mass is 994 g/mol. The minimum Gasteiger partial charge on any atom is -0.543 e. The number of hydrogen-bond donors (Lipinski definition) is 2. The number of phenols is 1. The molecule has 4 atom stereocenters. The predicted molar refractivity (Wildman–Crippen MR) is 276 cm³/mol. The molecule has 0 saturated heterocycles. The van der Waals surface area contributed by atoms with Crippen LogP contribution in [0, 0.1) is 27.0 Å². The maximum atomic E-state index is 10.3. The molecule has 68 heavy (non-hydrogen) atoms. The van der Waals surface area contributed by atoms with Crippen molar-refractivity contribution < 1.29 is 27.9 Å². The first-order valence-electron chi connectivity index (χ1n) is 22.6. The van der Waals surface area contributed by atoms with Gasteiger partial charge in [-0.3, -0.25) is 0 Å². The molecule has 6 rings (SSSR count). The second-order valence-corrected chi connectivity index (χ2v) is 30.6. The van der Waals surface area contributed by atoms with Crippen LogP contribution in [-0.2, 0) is 17.3 Å². The lowest BCUT2D eigenvalue weighted by Crippen LogP contribution is -2.44. The van der Waals surface area contributed by atoms with Crippen LogP contribution >= 0.6 is 23.2 Å². The van der Waals surface area contributed by atoms with E-state index >= 15 is 0 Å². The molecule has 0 spiro atoms. The smallest absolute Gasteiger partial charge is 0.250 e. The highest BCUT2D eigenvalue weighted by molar-refractivity contribution is 6.75. The number of halogens is 2. The Morgan fingerprint density at radius 3 is 1.57 bits per heavy atom. The van der Waals surface area contributed by atoms with Gasteiger partial charge in [0, 0.05) is 11.1 Å². The summed E-state index contributed by atoms with van der Waals surface area (Å²) in [6.07, 6.45) is 0.108. The van der Waals surface area contributed by atoms with E-state index in [-0.39, 0.29) is 33.7 Å². The van der Waals surface area contributed by atoms with Gasteiger partial charge in [-0.15, -0.1) is 20.4 Å². The first-order chi connectivity index (χ1) is 31.7. The molecule has 0 saturated carbocycles. The molecule has 12 nitrogen and oxygen atoms in total. The van der Waals surface area contributed by atoms with E-state index in [2.05, 4.69) is 105 Å². The van der Waals surface area contributed by atoms with Gasteiger partial charge < -0.3 is 27.9 Å². The minimum atomic E-state index is -2.09. The molecule has 0 amide bonds. The Morgan fingerprint density at radius 2 is 1.12 bits per heavy atom. The van der Waals surface area contributed by atoms with Gasteiger partial charge in [-0.1, -0.05) is 101 Å². The minimum absolute atomic E-state index is 0.0485. The van der Waals surface area contributed by atoms with Crippen molar-refractivity contribution in [1.82, 2.24) is 20.4 Å². The normalized spacial score (nSPS) is 13.9. The van der Waals surface area contributed by atoms with Gasteiger partial charge in [0.25, 0.3) is 0 Å². The summed E-state index contributed by atoms with van der Waals surface area (Å²) in [7, 11) is -4.10. The zero-order valence-electron chi connectivity index (χ0n) is 41.6. The predicted octanol–water partition coefficient (Wildman–Crippen LogP) is 15.0. The lowest BCUT2D eigenvalue weighted by atomic mass is 9.92. The number of benzene rings is 4. The molecule has 4 aromatic carbocycles. The van der Waals surface area contributed by atoms with Gasteiger partial charge in [-0.25, -0.2) is 9.69 Å². The summed E-state index contributed by atoms with van der Waals surface area (Å²) < 4.78 is 25.5. The van der Waals surface area contributed by atoms with Crippen LogP contribution in [0.4, 0.5) is 11.4 Å². The quantitative estimate of drug-likeness (QED) is 0.0799. The third-order valence-electron chi connectivity index (χ3n) is 13.4. The number of aliphatic hydroxyl groups excluding tert-OH is 1. The van der Waals surface area contributed by atoms with Gasteiger partial charge in [-0.05, 0) is 135 Å². The Kier molecular flexibility index (Phi) is 17.0. The molecule has 2 heterocycles. The number of nitrogens with zero attached hydrogens (tertiary/aromatic N) is 6. The van der Waals surface area contributed by atoms with E-state index in [0.717, 1.165) is 33.6 Å². The molecule has 0 aliphatic heterocycles. The van der Waals surface area contributed by atoms with Crippen LogP contribution in [0.5, 0.6) is 11.5 Å². The van der Waals surface area contributed by atoms with Crippen LogP contribution in [0.1, 0.15) is 101 Å². The molecule has 6 aromatic rings. The van der Waals surface area contributed by atoms with Crippen molar-refractivity contribution in [3.63, 3.8) is 0 Å². The number of aliphatic hydroxyl groups is 1. The molecule has 2 N–H and O–H groups in total. The second-order valence-electron chi connectivity index (χ2n) is 20.4. The van der Waals surface area contributed by atoms with E-state index in [9.17, 15) is 10.2 Å². The average Bonchev–Trinajstić information content (AvgIpc) is 3.95. The van der Waals surface area contributed by atoms with Crippen LogP contribution in [0.2, 0.25) is 46.3 Å². The Morgan fingerprint density at radius 1 is 0.662 bits per heavy atom. The fourth-order valence-corrected chi connectivity index (χ4v) is 9.86. The third-order valence-corrected chi connectivity index (χ3v) is 23.3. The summed E-state index contributed by atoms with van der Waals surface area (Å²) in [4.78, 5) is 6.95. The summed E-state index contributed by atoms with van der Waals surface area (Å²) in [6.45, 7) is 44.5. The van der Waals surface area contributed by atoms with Crippen molar-refractivity contribution in [1.29, 1.82) is 0 Å². The maximum Gasteiger partial charge on any atom is 0.250 e. The average molecular weight is 996 g/mol. The molecule has 0 radical (unpaired) electrons. The topological polar surface area (TPSA) is 145 Å². The molecular formula is C52H64Cl2N6O6Si2. The number of aromatic hydroxyl groups is 1. The fourth-order valence-electron chi connectivity index (χ4n) is 6.93. The van der Waals surface area contributed by atoms with Crippen LogP contribution < -0.4 is 4.43 Å². The summed E-state index contributed by atoms with van der Waals surface area (Å²) >= 11 is 12.8. The SMILES string of the molecule is [C-]#[N+]c1ccc(C[C@@H](c2nnc(-c3cccc(O)c3)o2)[C@@H](C)O)c(C)c1Cl.[C-]#[N+]c1ccc(C[C@@H](c2nnc(-c3cccc(O[Si](C)(C)C(C)(C)C)c3)o2)[C@@H](C)O[Si](C)(C)C(C)(C)C)c(C)c1Cl. The van der Waals surface area contributed by atoms with Crippen LogP contribution in [0.3, 0.4) is 0 Å². The first kappa shape index (κ1) is 53.6. The number of hydrogen-bond acceptors (Lipinski definition) is 10. The summed E-state index contributed by atoms with van der Waals surface area (Å²) in [5, 5.41) is 38.0. The molecule has 0 unspecified atom stereocenters. The van der Waals surface area contributed by atoms with Gasteiger partial charge >= 0.3 is 0 Å². The lowest BCUT2D eigenvalue weighted by molar-refractivity contribution is 0.148. The Balaban J connectivity index is 0.000000276. The van der Waals surface area contributed by atoms with E-state index < -0.39 is 28.7 Å². The third kappa shape index (κ3) is 12.7. The zero-order chi connectivity index (χ0) is 50.5. The molecular weight excluding hydrogens is 932 g/mol. The van der Waals surface area contributed by atoms with Gasteiger partial charge in [0.05, 0.1) is 47.2 Å². The van der Waals surface area contributed by atoms with Crippen molar-refractivity contribution in [2.75, 3.05) is 0 Å². The second kappa shape index (κ2) is 21.5. The van der Waals surface area contributed by atoms with E-state index in [1.807, 2.05) is 50.2 Å². The van der Waals surface area contributed by atoms with Crippen LogP contribution in [0.15, 0.2) is 81.6 Å². The summed E-state index contributed by atoms with van der Waals surface area (Å²) in [5.74, 6) is 1.81. The van der Waals surface area contributed by atoms with Gasteiger partial charge in [0.2, 0.25) is 43.3 Å². The van der Waals surface area contributed by atoms with E-state index in [4.69, 9.17) is 54.0 Å². The molecule has 16 heteroatoms.